The van der Waals surface area contributed by atoms with Crippen LogP contribution in [0.5, 0.6) is 0 Å². The van der Waals surface area contributed by atoms with Crippen LogP contribution >= 0.6 is 0 Å². The first-order valence-electron chi connectivity index (χ1n) is 5.75. The molecule has 98 valence electrons. The molecule has 18 heavy (non-hydrogen) atoms. The number of morpholine rings is 1. The maximum atomic E-state index is 13.9. The third kappa shape index (κ3) is 3.10. The fourth-order valence-electron chi connectivity index (χ4n) is 1.86. The maximum Gasteiger partial charge on any atom is 0.322 e. The first-order valence-corrected chi connectivity index (χ1v) is 5.75. The highest BCUT2D eigenvalue weighted by Crippen LogP contribution is 2.23. The molecule has 1 heterocycles. The van der Waals surface area contributed by atoms with E-state index in [-0.39, 0.29) is 12.4 Å². The summed E-state index contributed by atoms with van der Waals surface area (Å²) in [6.45, 7) is 2.30. The molecule has 0 saturated carbocycles. The summed E-state index contributed by atoms with van der Waals surface area (Å²) >= 11 is 0. The Kier molecular flexibility index (Phi) is 3.99. The minimum atomic E-state index is -0.979. The Hall–Kier alpha value is -1.82. The van der Waals surface area contributed by atoms with E-state index in [1.807, 2.05) is 4.90 Å². The maximum absolute atomic E-state index is 13.9. The van der Waals surface area contributed by atoms with Gasteiger partial charge in [0.2, 0.25) is 0 Å². The Morgan fingerprint density at radius 3 is 2.78 bits per heavy atom. The van der Waals surface area contributed by atoms with Gasteiger partial charge in [-0.25, -0.2) is 4.39 Å². The Balaban J connectivity index is 2.06. The lowest BCUT2D eigenvalue weighted by Crippen LogP contribution is -2.36. The molecule has 6 heteroatoms. The normalized spacial score (nSPS) is 15.5. The van der Waals surface area contributed by atoms with E-state index in [0.29, 0.717) is 37.7 Å². The van der Waals surface area contributed by atoms with Crippen molar-refractivity contribution in [2.24, 2.45) is 0 Å². The summed E-state index contributed by atoms with van der Waals surface area (Å²) in [5.41, 5.74) is 0.992. The van der Waals surface area contributed by atoms with Crippen molar-refractivity contribution in [1.29, 1.82) is 0 Å². The summed E-state index contributed by atoms with van der Waals surface area (Å²) < 4.78 is 19.1. The van der Waals surface area contributed by atoms with Crippen molar-refractivity contribution in [2.75, 3.05) is 43.1 Å². The zero-order valence-electron chi connectivity index (χ0n) is 9.86. The molecule has 1 aromatic rings. The number of benzene rings is 1. The molecule has 0 unspecified atom stereocenters. The molecule has 0 aromatic heterocycles. The highest BCUT2D eigenvalue weighted by molar-refractivity contribution is 5.73. The van der Waals surface area contributed by atoms with Crippen LogP contribution in [0.4, 0.5) is 15.8 Å². The molecule has 1 aliphatic rings. The number of ether oxygens (including phenoxy) is 1. The number of hydrogen-bond donors (Lipinski definition) is 2. The number of nitrogens with zero attached hydrogens (tertiary/aromatic N) is 1. The van der Waals surface area contributed by atoms with Gasteiger partial charge in [0, 0.05) is 18.8 Å². The average molecular weight is 254 g/mol. The van der Waals surface area contributed by atoms with Crippen molar-refractivity contribution >= 4 is 17.3 Å². The second-order valence-electron chi connectivity index (χ2n) is 4.01. The van der Waals surface area contributed by atoms with Gasteiger partial charge < -0.3 is 20.1 Å². The zero-order chi connectivity index (χ0) is 13.0. The molecular weight excluding hydrogens is 239 g/mol. The molecule has 1 aliphatic heterocycles. The summed E-state index contributed by atoms with van der Waals surface area (Å²) in [5, 5.41) is 11.2. The summed E-state index contributed by atoms with van der Waals surface area (Å²) in [5.74, 6) is -1.33. The van der Waals surface area contributed by atoms with Gasteiger partial charge in [-0.05, 0) is 18.2 Å². The predicted octanol–water partition coefficient (Wildman–Crippen LogP) is 1.16. The third-order valence-corrected chi connectivity index (χ3v) is 2.74. The van der Waals surface area contributed by atoms with Gasteiger partial charge in [0.15, 0.2) is 0 Å². The number of rotatable bonds is 4. The van der Waals surface area contributed by atoms with Crippen molar-refractivity contribution < 1.29 is 19.0 Å². The number of carbonyl (C=O) groups is 1. The van der Waals surface area contributed by atoms with Crippen LogP contribution in [0.3, 0.4) is 0 Å². The van der Waals surface area contributed by atoms with E-state index in [0.717, 1.165) is 0 Å². The number of carboxylic acids is 1. The number of nitrogens with one attached hydrogen (secondary N) is 1. The first kappa shape index (κ1) is 12.6. The summed E-state index contributed by atoms with van der Waals surface area (Å²) in [7, 11) is 0. The molecule has 5 nitrogen and oxygen atoms in total. The molecule has 0 aliphatic carbocycles. The summed E-state index contributed by atoms with van der Waals surface area (Å²) in [6.07, 6.45) is 0. The molecule has 0 amide bonds. The Bertz CT molecular complexity index is 433. The van der Waals surface area contributed by atoms with Crippen LogP contribution in [0, 0.1) is 5.82 Å². The monoisotopic (exact) mass is 254 g/mol. The van der Waals surface area contributed by atoms with Gasteiger partial charge in [0.1, 0.15) is 12.4 Å². The van der Waals surface area contributed by atoms with E-state index < -0.39 is 5.97 Å². The van der Waals surface area contributed by atoms with E-state index in [1.165, 1.54) is 6.07 Å². The van der Waals surface area contributed by atoms with Crippen molar-refractivity contribution in [3.8, 4) is 0 Å². The minimum Gasteiger partial charge on any atom is -0.480 e. The van der Waals surface area contributed by atoms with Crippen molar-refractivity contribution in [1.82, 2.24) is 0 Å². The topological polar surface area (TPSA) is 61.8 Å². The van der Waals surface area contributed by atoms with Gasteiger partial charge >= 0.3 is 5.97 Å². The number of aliphatic carboxylic acids is 1. The lowest BCUT2D eigenvalue weighted by atomic mass is 10.2. The molecule has 1 fully saturated rings. The molecule has 1 saturated heterocycles. The SMILES string of the molecule is O=C(O)CNc1ccc(N2CCOCC2)c(F)c1. The van der Waals surface area contributed by atoms with E-state index >= 15 is 0 Å². The third-order valence-electron chi connectivity index (χ3n) is 2.74. The number of hydrogen-bond acceptors (Lipinski definition) is 4. The van der Waals surface area contributed by atoms with Gasteiger partial charge in [-0.1, -0.05) is 0 Å². The molecule has 0 radical (unpaired) electrons. The zero-order valence-corrected chi connectivity index (χ0v) is 9.86. The van der Waals surface area contributed by atoms with Gasteiger partial charge in [-0.2, -0.15) is 0 Å². The minimum absolute atomic E-state index is 0.226. The standard InChI is InChI=1S/C12H15FN2O3/c13-10-7-9(14-8-12(16)17)1-2-11(10)15-3-5-18-6-4-15/h1-2,7,14H,3-6,8H2,(H,16,17). The van der Waals surface area contributed by atoms with E-state index in [1.54, 1.807) is 12.1 Å². The average Bonchev–Trinajstić information content (AvgIpc) is 2.37. The van der Waals surface area contributed by atoms with Crippen LogP contribution in [0.1, 0.15) is 0 Å². The number of halogens is 1. The molecule has 0 spiro atoms. The Labute approximate surface area is 104 Å². The molecule has 0 bridgehead atoms. The Morgan fingerprint density at radius 2 is 2.17 bits per heavy atom. The molecular formula is C12H15FN2O3. The van der Waals surface area contributed by atoms with Crippen molar-refractivity contribution in [3.63, 3.8) is 0 Å². The second-order valence-corrected chi connectivity index (χ2v) is 4.01. The van der Waals surface area contributed by atoms with Crippen LogP contribution in [-0.2, 0) is 9.53 Å². The van der Waals surface area contributed by atoms with Gasteiger partial charge in [-0.15, -0.1) is 0 Å². The summed E-state index contributed by atoms with van der Waals surface area (Å²) in [6, 6.07) is 4.65. The quantitative estimate of drug-likeness (QED) is 0.844. The largest absolute Gasteiger partial charge is 0.480 e. The van der Waals surface area contributed by atoms with Crippen LogP contribution in [0.2, 0.25) is 0 Å². The fourth-order valence-corrected chi connectivity index (χ4v) is 1.86. The van der Waals surface area contributed by atoms with Gasteiger partial charge in [0.25, 0.3) is 0 Å². The van der Waals surface area contributed by atoms with Crippen LogP contribution in [-0.4, -0.2) is 43.9 Å². The van der Waals surface area contributed by atoms with Gasteiger partial charge in [0.05, 0.1) is 18.9 Å². The Morgan fingerprint density at radius 1 is 1.44 bits per heavy atom. The molecule has 2 rings (SSSR count). The van der Waals surface area contributed by atoms with E-state index in [2.05, 4.69) is 5.32 Å². The van der Waals surface area contributed by atoms with Crippen LogP contribution in [0.15, 0.2) is 18.2 Å². The summed E-state index contributed by atoms with van der Waals surface area (Å²) in [4.78, 5) is 12.3. The van der Waals surface area contributed by atoms with Crippen molar-refractivity contribution in [3.05, 3.63) is 24.0 Å². The van der Waals surface area contributed by atoms with Crippen molar-refractivity contribution in [2.45, 2.75) is 0 Å². The van der Waals surface area contributed by atoms with Gasteiger partial charge in [-0.3, -0.25) is 4.79 Å². The molecule has 0 atom stereocenters. The highest BCUT2D eigenvalue weighted by Gasteiger charge is 2.15. The van der Waals surface area contributed by atoms with Crippen LogP contribution < -0.4 is 10.2 Å². The number of anilines is 2. The number of carboxylic acid groups (broad SMARTS) is 1. The van der Waals surface area contributed by atoms with E-state index in [4.69, 9.17) is 9.84 Å². The fraction of sp³-hybridized carbons (Fsp3) is 0.417. The second kappa shape index (κ2) is 5.68. The lowest BCUT2D eigenvalue weighted by molar-refractivity contribution is -0.134. The predicted molar refractivity (Wildman–Crippen MR) is 65.6 cm³/mol. The van der Waals surface area contributed by atoms with Crippen LogP contribution in [0.25, 0.3) is 0 Å². The molecule has 1 aromatic carbocycles. The first-order chi connectivity index (χ1) is 8.66. The lowest BCUT2D eigenvalue weighted by Gasteiger charge is -2.29. The smallest absolute Gasteiger partial charge is 0.322 e. The van der Waals surface area contributed by atoms with E-state index in [9.17, 15) is 9.18 Å². The molecule has 2 N–H and O–H groups in total. The highest BCUT2D eigenvalue weighted by atomic mass is 19.1.